The molecule has 0 rings (SSSR count). The van der Waals surface area contributed by atoms with Crippen molar-refractivity contribution in [3.63, 3.8) is 0 Å². The normalized spacial score (nSPS) is 18.0. The van der Waals surface area contributed by atoms with Crippen LogP contribution >= 0.6 is 46.6 Å². The maximum Gasteiger partial charge on any atom is 0.0938 e. The maximum absolute atomic E-state index is 5.61. The third kappa shape index (κ3) is 5.36. The largest absolute Gasteiger partial charge is 0.124 e. The standard InChI is InChI=1S/C4H7Cl3S/c1-3(6)8-4(7)2-5/h3-4H,2H2,1H3. The van der Waals surface area contributed by atoms with Crippen LogP contribution in [0.15, 0.2) is 0 Å². The predicted molar refractivity (Wildman–Crippen MR) is 43.3 cm³/mol. The lowest BCUT2D eigenvalue weighted by Gasteiger charge is -2.04. The zero-order valence-corrected chi connectivity index (χ0v) is 7.49. The average Bonchev–Trinajstić information content (AvgIpc) is 1.65. The Kier molecular flexibility index (Phi) is 5.81. The van der Waals surface area contributed by atoms with E-state index in [0.717, 1.165) is 0 Å². The highest BCUT2D eigenvalue weighted by atomic mass is 35.5. The van der Waals surface area contributed by atoms with Crippen LogP contribution in [0.5, 0.6) is 0 Å². The van der Waals surface area contributed by atoms with Crippen LogP contribution in [-0.4, -0.2) is 15.3 Å². The molecule has 0 amide bonds. The van der Waals surface area contributed by atoms with Gasteiger partial charge in [-0.2, -0.15) is 0 Å². The fourth-order valence-electron chi connectivity index (χ4n) is 0.240. The van der Waals surface area contributed by atoms with Gasteiger partial charge >= 0.3 is 0 Å². The van der Waals surface area contributed by atoms with Crippen molar-refractivity contribution < 1.29 is 0 Å². The van der Waals surface area contributed by atoms with Crippen molar-refractivity contribution in [2.75, 3.05) is 5.88 Å². The fourth-order valence-corrected chi connectivity index (χ4v) is 1.93. The zero-order chi connectivity index (χ0) is 6.57. The van der Waals surface area contributed by atoms with E-state index >= 15 is 0 Å². The molecule has 0 spiro atoms. The first-order valence-electron chi connectivity index (χ1n) is 2.16. The second-order valence-electron chi connectivity index (χ2n) is 1.24. The first kappa shape index (κ1) is 9.22. The van der Waals surface area contributed by atoms with Crippen LogP contribution in [0.2, 0.25) is 0 Å². The summed E-state index contributed by atoms with van der Waals surface area (Å²) in [7, 11) is 0. The summed E-state index contributed by atoms with van der Waals surface area (Å²) in [5, 5.41) is 0. The lowest BCUT2D eigenvalue weighted by atomic mass is 10.9. The Balaban J connectivity index is 3.10. The molecule has 0 aliphatic rings. The molecule has 50 valence electrons. The Morgan fingerprint density at radius 2 is 2.00 bits per heavy atom. The molecule has 0 aromatic carbocycles. The fraction of sp³-hybridized carbons (Fsp3) is 1.00. The van der Waals surface area contributed by atoms with Crippen molar-refractivity contribution in [2.24, 2.45) is 0 Å². The number of thioether (sulfide) groups is 1. The van der Waals surface area contributed by atoms with Gasteiger partial charge in [-0.1, -0.05) is 0 Å². The lowest BCUT2D eigenvalue weighted by Crippen LogP contribution is -1.96. The molecule has 8 heavy (non-hydrogen) atoms. The second kappa shape index (κ2) is 5.04. The molecule has 0 nitrogen and oxygen atoms in total. The molecule has 0 heterocycles. The van der Waals surface area contributed by atoms with Crippen molar-refractivity contribution in [1.82, 2.24) is 0 Å². The summed E-state index contributed by atoms with van der Waals surface area (Å²) in [6.07, 6.45) is 0. The van der Waals surface area contributed by atoms with Gasteiger partial charge in [0.1, 0.15) is 0 Å². The number of alkyl halides is 3. The summed E-state index contributed by atoms with van der Waals surface area (Å²) in [6.45, 7) is 1.87. The molecule has 0 bridgehead atoms. The Labute approximate surface area is 68.9 Å². The highest BCUT2D eigenvalue weighted by molar-refractivity contribution is 8.02. The van der Waals surface area contributed by atoms with E-state index in [-0.39, 0.29) is 9.42 Å². The van der Waals surface area contributed by atoms with Crippen LogP contribution in [-0.2, 0) is 0 Å². The summed E-state index contributed by atoms with van der Waals surface area (Å²) < 4.78 is 0.000386. The monoisotopic (exact) mass is 192 g/mol. The van der Waals surface area contributed by atoms with Crippen LogP contribution in [0.3, 0.4) is 0 Å². The number of hydrogen-bond acceptors (Lipinski definition) is 1. The minimum Gasteiger partial charge on any atom is -0.124 e. The maximum atomic E-state index is 5.61. The molecule has 4 heteroatoms. The molecule has 2 unspecified atom stereocenters. The predicted octanol–water partition coefficient (Wildman–Crippen LogP) is 3.11. The Morgan fingerprint density at radius 1 is 1.50 bits per heavy atom. The highest BCUT2D eigenvalue weighted by Crippen LogP contribution is 2.23. The van der Waals surface area contributed by atoms with Crippen LogP contribution in [0, 0.1) is 0 Å². The molecule has 0 radical (unpaired) electrons. The molecule has 0 aliphatic carbocycles. The molecule has 0 aliphatic heterocycles. The van der Waals surface area contributed by atoms with Gasteiger partial charge in [0.25, 0.3) is 0 Å². The van der Waals surface area contributed by atoms with E-state index in [9.17, 15) is 0 Å². The number of halogens is 3. The molecular formula is C4H7Cl3S. The Morgan fingerprint density at radius 3 is 2.12 bits per heavy atom. The average molecular weight is 194 g/mol. The van der Waals surface area contributed by atoms with E-state index in [2.05, 4.69) is 0 Å². The van der Waals surface area contributed by atoms with Gasteiger partial charge in [-0.3, -0.25) is 0 Å². The van der Waals surface area contributed by atoms with Crippen LogP contribution in [0.25, 0.3) is 0 Å². The SMILES string of the molecule is CC(Cl)SC(Cl)CCl. The van der Waals surface area contributed by atoms with Gasteiger partial charge in [0.2, 0.25) is 0 Å². The van der Waals surface area contributed by atoms with E-state index in [1.165, 1.54) is 11.8 Å². The van der Waals surface area contributed by atoms with Crippen LogP contribution in [0.1, 0.15) is 6.92 Å². The summed E-state index contributed by atoms with van der Waals surface area (Å²) in [4.78, 5) is 0. The Bertz CT molecular complexity index is 57.2. The molecule has 0 saturated heterocycles. The smallest absolute Gasteiger partial charge is 0.0938 e. The third-order valence-electron chi connectivity index (χ3n) is 0.456. The molecule has 0 fully saturated rings. The van der Waals surface area contributed by atoms with Gasteiger partial charge < -0.3 is 0 Å². The van der Waals surface area contributed by atoms with E-state index in [1.807, 2.05) is 6.92 Å². The van der Waals surface area contributed by atoms with Gasteiger partial charge in [-0.15, -0.1) is 46.6 Å². The van der Waals surface area contributed by atoms with Gasteiger partial charge in [0, 0.05) is 5.88 Å². The van der Waals surface area contributed by atoms with E-state index in [1.54, 1.807) is 0 Å². The quantitative estimate of drug-likeness (QED) is 0.621. The number of rotatable bonds is 3. The second-order valence-corrected chi connectivity index (χ2v) is 4.80. The molecule has 0 saturated carbocycles. The molecule has 2 atom stereocenters. The van der Waals surface area contributed by atoms with Crippen molar-refractivity contribution >= 4 is 46.6 Å². The van der Waals surface area contributed by atoms with Crippen molar-refractivity contribution in [3.8, 4) is 0 Å². The van der Waals surface area contributed by atoms with Crippen molar-refractivity contribution in [1.29, 1.82) is 0 Å². The van der Waals surface area contributed by atoms with Gasteiger partial charge in [-0.25, -0.2) is 0 Å². The summed E-state index contributed by atoms with van der Waals surface area (Å²) in [5.41, 5.74) is 0. The lowest BCUT2D eigenvalue weighted by molar-refractivity contribution is 1.34. The van der Waals surface area contributed by atoms with Gasteiger partial charge in [0.15, 0.2) is 0 Å². The van der Waals surface area contributed by atoms with Crippen LogP contribution < -0.4 is 0 Å². The number of hydrogen-bond donors (Lipinski definition) is 0. The van der Waals surface area contributed by atoms with Gasteiger partial charge in [0.05, 0.1) is 9.42 Å². The van der Waals surface area contributed by atoms with Gasteiger partial charge in [-0.05, 0) is 6.92 Å². The van der Waals surface area contributed by atoms with E-state index < -0.39 is 0 Å². The first-order valence-corrected chi connectivity index (χ1v) is 4.51. The molecule has 0 aromatic heterocycles. The van der Waals surface area contributed by atoms with E-state index in [4.69, 9.17) is 34.8 Å². The minimum absolute atomic E-state index is 0.0517. The minimum atomic E-state index is -0.0517. The van der Waals surface area contributed by atoms with E-state index in [0.29, 0.717) is 5.88 Å². The molecule has 0 aromatic rings. The molecule has 0 N–H and O–H groups in total. The van der Waals surface area contributed by atoms with Crippen LogP contribution in [0.4, 0.5) is 0 Å². The first-order chi connectivity index (χ1) is 3.66. The zero-order valence-electron chi connectivity index (χ0n) is 4.40. The summed E-state index contributed by atoms with van der Waals surface area (Å²) in [5.74, 6) is 0.448. The topological polar surface area (TPSA) is 0 Å². The Hall–Kier alpha value is 1.22. The highest BCUT2D eigenvalue weighted by Gasteiger charge is 2.05. The summed E-state index contributed by atoms with van der Waals surface area (Å²) in [6, 6.07) is 0. The molecular weight excluding hydrogens is 186 g/mol. The van der Waals surface area contributed by atoms with Crippen molar-refractivity contribution in [2.45, 2.75) is 16.3 Å². The van der Waals surface area contributed by atoms with Crippen molar-refractivity contribution in [3.05, 3.63) is 0 Å². The summed E-state index contributed by atoms with van der Waals surface area (Å²) >= 11 is 18.0. The third-order valence-corrected chi connectivity index (χ3v) is 2.71.